The number of nitrogens with zero attached hydrogens (tertiary/aromatic N) is 1. The van der Waals surface area contributed by atoms with Crippen molar-refractivity contribution in [3.05, 3.63) is 60.2 Å². The van der Waals surface area contributed by atoms with Gasteiger partial charge in [0.1, 0.15) is 18.1 Å². The van der Waals surface area contributed by atoms with Crippen LogP contribution in [0.4, 0.5) is 0 Å². The van der Waals surface area contributed by atoms with E-state index in [4.69, 9.17) is 9.47 Å². The van der Waals surface area contributed by atoms with E-state index in [1.54, 1.807) is 0 Å². The molecule has 0 saturated carbocycles. The fourth-order valence-electron chi connectivity index (χ4n) is 2.40. The number of nitrogens with one attached hydrogen (secondary N) is 1. The van der Waals surface area contributed by atoms with Crippen molar-refractivity contribution in [1.29, 1.82) is 0 Å². The Morgan fingerprint density at radius 2 is 1.68 bits per heavy atom. The highest BCUT2D eigenvalue weighted by atomic mass is 16.5. The molecule has 0 atom stereocenters. The van der Waals surface area contributed by atoms with E-state index in [9.17, 15) is 4.79 Å². The van der Waals surface area contributed by atoms with E-state index in [-0.39, 0.29) is 5.91 Å². The molecule has 1 N–H and O–H groups in total. The second kappa shape index (κ2) is 10.4. The predicted molar refractivity (Wildman–Crippen MR) is 98.9 cm³/mol. The summed E-state index contributed by atoms with van der Waals surface area (Å²) in [6.07, 6.45) is 0. The van der Waals surface area contributed by atoms with Crippen molar-refractivity contribution < 1.29 is 14.3 Å². The van der Waals surface area contributed by atoms with Gasteiger partial charge in [-0.15, -0.1) is 0 Å². The summed E-state index contributed by atoms with van der Waals surface area (Å²) in [6, 6.07) is 17.5. The van der Waals surface area contributed by atoms with Gasteiger partial charge < -0.3 is 14.8 Å². The van der Waals surface area contributed by atoms with E-state index in [0.717, 1.165) is 17.1 Å². The van der Waals surface area contributed by atoms with Crippen LogP contribution in [0.5, 0.6) is 11.5 Å². The van der Waals surface area contributed by atoms with Crippen LogP contribution >= 0.6 is 0 Å². The van der Waals surface area contributed by atoms with E-state index in [1.807, 2.05) is 73.5 Å². The summed E-state index contributed by atoms with van der Waals surface area (Å²) in [5, 5.41) is 2.87. The summed E-state index contributed by atoms with van der Waals surface area (Å²) >= 11 is 0. The molecule has 0 spiro atoms. The van der Waals surface area contributed by atoms with Crippen molar-refractivity contribution in [1.82, 2.24) is 10.2 Å². The summed E-state index contributed by atoms with van der Waals surface area (Å²) in [4.78, 5) is 13.9. The molecule has 2 aromatic rings. The third-order valence-electron chi connectivity index (χ3n) is 3.54. The normalized spacial score (nSPS) is 10.5. The molecular formula is C20H26N2O3. The molecule has 0 fully saturated rings. The van der Waals surface area contributed by atoms with Crippen LogP contribution in [0.2, 0.25) is 0 Å². The molecule has 25 heavy (non-hydrogen) atoms. The van der Waals surface area contributed by atoms with Gasteiger partial charge in [-0.3, -0.25) is 9.69 Å². The highest BCUT2D eigenvalue weighted by Gasteiger charge is 2.07. The van der Waals surface area contributed by atoms with Crippen LogP contribution in [-0.2, 0) is 11.3 Å². The number of carbonyl (C=O) groups excluding carboxylic acids is 1. The summed E-state index contributed by atoms with van der Waals surface area (Å²) in [5.74, 6) is 1.67. The minimum absolute atomic E-state index is 0.00917. The lowest BCUT2D eigenvalue weighted by Crippen LogP contribution is -2.36. The maximum absolute atomic E-state index is 12.0. The number of rotatable bonds is 10. The average Bonchev–Trinajstić information content (AvgIpc) is 2.61. The molecule has 0 aromatic heterocycles. The number of hydrogen-bond acceptors (Lipinski definition) is 4. The Kier molecular flexibility index (Phi) is 7.79. The van der Waals surface area contributed by atoms with Crippen LogP contribution < -0.4 is 14.8 Å². The molecule has 0 unspecified atom stereocenters. The molecule has 0 aliphatic carbocycles. The number of amides is 1. The first-order valence-electron chi connectivity index (χ1n) is 8.52. The van der Waals surface area contributed by atoms with Crippen molar-refractivity contribution >= 4 is 5.91 Å². The third-order valence-corrected chi connectivity index (χ3v) is 3.54. The Bertz CT molecular complexity index is 629. The highest BCUT2D eigenvalue weighted by Crippen LogP contribution is 2.13. The lowest BCUT2D eigenvalue weighted by molar-refractivity contribution is -0.122. The quantitative estimate of drug-likeness (QED) is 0.675. The van der Waals surface area contributed by atoms with Crippen LogP contribution in [0.15, 0.2) is 54.6 Å². The van der Waals surface area contributed by atoms with Gasteiger partial charge in [-0.1, -0.05) is 30.3 Å². The summed E-state index contributed by atoms with van der Waals surface area (Å²) in [5.41, 5.74) is 1.14. The van der Waals surface area contributed by atoms with Crippen LogP contribution in [-0.4, -0.2) is 44.2 Å². The Morgan fingerprint density at radius 1 is 1.00 bits per heavy atom. The minimum atomic E-state index is -0.00917. The van der Waals surface area contributed by atoms with Crippen LogP contribution in [0.25, 0.3) is 0 Å². The van der Waals surface area contributed by atoms with Gasteiger partial charge in [0.15, 0.2) is 0 Å². The Hall–Kier alpha value is -2.53. The maximum Gasteiger partial charge on any atom is 0.234 e. The molecule has 0 bridgehead atoms. The zero-order valence-corrected chi connectivity index (χ0v) is 14.9. The molecule has 0 saturated heterocycles. The number of para-hydroxylation sites is 1. The van der Waals surface area contributed by atoms with Crippen molar-refractivity contribution in [2.45, 2.75) is 13.5 Å². The smallest absolute Gasteiger partial charge is 0.234 e. The lowest BCUT2D eigenvalue weighted by Gasteiger charge is -2.16. The number of likely N-dealkylation sites (N-methyl/N-ethyl adjacent to an activating group) is 1. The molecular weight excluding hydrogens is 316 g/mol. The van der Waals surface area contributed by atoms with Crippen molar-refractivity contribution in [3.63, 3.8) is 0 Å². The molecule has 5 nitrogen and oxygen atoms in total. The summed E-state index contributed by atoms with van der Waals surface area (Å²) in [6.45, 7) is 4.63. The molecule has 134 valence electrons. The molecule has 0 aliphatic rings. The van der Waals surface area contributed by atoms with Gasteiger partial charge in [-0.25, -0.2) is 0 Å². The zero-order chi connectivity index (χ0) is 17.9. The molecule has 1 amide bonds. The van der Waals surface area contributed by atoms with Gasteiger partial charge in [-0.2, -0.15) is 0 Å². The second-order valence-corrected chi connectivity index (χ2v) is 5.76. The second-order valence-electron chi connectivity index (χ2n) is 5.76. The SMILES string of the molecule is CCOc1ccc(CN(C)CC(=O)NCCOc2ccccc2)cc1. The van der Waals surface area contributed by atoms with Gasteiger partial charge in [0.2, 0.25) is 5.91 Å². The van der Waals surface area contributed by atoms with E-state index in [2.05, 4.69) is 5.32 Å². The first-order chi connectivity index (χ1) is 12.2. The summed E-state index contributed by atoms with van der Waals surface area (Å²) < 4.78 is 11.0. The zero-order valence-electron chi connectivity index (χ0n) is 14.9. The third kappa shape index (κ3) is 7.27. The molecule has 0 aliphatic heterocycles. The molecule has 2 aromatic carbocycles. The van der Waals surface area contributed by atoms with Crippen molar-refractivity contribution in [2.24, 2.45) is 0 Å². The van der Waals surface area contributed by atoms with Crippen LogP contribution in [0.3, 0.4) is 0 Å². The number of carbonyl (C=O) groups is 1. The Balaban J connectivity index is 1.64. The van der Waals surface area contributed by atoms with E-state index in [0.29, 0.717) is 32.8 Å². The van der Waals surface area contributed by atoms with Gasteiger partial charge >= 0.3 is 0 Å². The fourth-order valence-corrected chi connectivity index (χ4v) is 2.40. The van der Waals surface area contributed by atoms with Crippen molar-refractivity contribution in [2.75, 3.05) is 33.4 Å². The first-order valence-corrected chi connectivity index (χ1v) is 8.52. The standard InChI is InChI=1S/C20H26N2O3/c1-3-24-19-11-9-17(10-12-19)15-22(2)16-20(23)21-13-14-25-18-7-5-4-6-8-18/h4-12H,3,13-16H2,1-2H3,(H,21,23). The maximum atomic E-state index is 12.0. The molecule has 0 radical (unpaired) electrons. The highest BCUT2D eigenvalue weighted by molar-refractivity contribution is 5.77. The van der Waals surface area contributed by atoms with Gasteiger partial charge in [-0.05, 0) is 43.8 Å². The monoisotopic (exact) mass is 342 g/mol. The average molecular weight is 342 g/mol. The number of hydrogen-bond donors (Lipinski definition) is 1. The Morgan fingerprint density at radius 3 is 2.36 bits per heavy atom. The first kappa shape index (κ1) is 18.8. The van der Waals surface area contributed by atoms with Gasteiger partial charge in [0, 0.05) is 6.54 Å². The van der Waals surface area contributed by atoms with Crippen LogP contribution in [0.1, 0.15) is 12.5 Å². The number of ether oxygens (including phenoxy) is 2. The largest absolute Gasteiger partial charge is 0.494 e. The number of benzene rings is 2. The Labute approximate surface area is 149 Å². The van der Waals surface area contributed by atoms with E-state index < -0.39 is 0 Å². The minimum Gasteiger partial charge on any atom is -0.494 e. The summed E-state index contributed by atoms with van der Waals surface area (Å²) in [7, 11) is 1.93. The predicted octanol–water partition coefficient (Wildman–Crippen LogP) is 2.71. The van der Waals surface area contributed by atoms with Gasteiger partial charge in [0.05, 0.1) is 19.7 Å². The van der Waals surface area contributed by atoms with Gasteiger partial charge in [0.25, 0.3) is 0 Å². The van der Waals surface area contributed by atoms with E-state index in [1.165, 1.54) is 0 Å². The lowest BCUT2D eigenvalue weighted by atomic mass is 10.2. The van der Waals surface area contributed by atoms with E-state index >= 15 is 0 Å². The topological polar surface area (TPSA) is 50.8 Å². The van der Waals surface area contributed by atoms with Crippen LogP contribution in [0, 0.1) is 0 Å². The molecule has 0 heterocycles. The molecule has 5 heteroatoms. The van der Waals surface area contributed by atoms with Crippen molar-refractivity contribution in [3.8, 4) is 11.5 Å². The molecule has 2 rings (SSSR count). The fraction of sp³-hybridized carbons (Fsp3) is 0.350.